The second-order valence-corrected chi connectivity index (χ2v) is 15.5. The van der Waals surface area contributed by atoms with E-state index in [-0.39, 0.29) is 28.9 Å². The number of fused-ring (bicyclic) bond motifs is 1. The Morgan fingerprint density at radius 2 is 1.64 bits per heavy atom. The number of benzene rings is 2. The number of nitrogens with one attached hydrogen (secondary N) is 2. The molecule has 11 heteroatoms. The van der Waals surface area contributed by atoms with E-state index in [1.807, 2.05) is 77.4 Å². The van der Waals surface area contributed by atoms with E-state index in [0.717, 1.165) is 47.5 Å². The van der Waals surface area contributed by atoms with Gasteiger partial charge >= 0.3 is 6.09 Å². The summed E-state index contributed by atoms with van der Waals surface area (Å²) >= 11 is 0. The van der Waals surface area contributed by atoms with Crippen molar-refractivity contribution < 1.29 is 27.5 Å². The SMILES string of the molecule is COc1c(NC(=O)c2cc3cccc(CC4CCN(C(=O)OC(C)(C)C)CC4)c3n2C)cc(C(C)(C)C)cc1NS(C)(=O)=O. The number of para-hydroxylation sites is 1. The maximum Gasteiger partial charge on any atom is 0.410 e. The Morgan fingerprint density at radius 3 is 2.20 bits per heavy atom. The first kappa shape index (κ1) is 33.2. The van der Waals surface area contributed by atoms with Gasteiger partial charge in [-0.1, -0.05) is 39.0 Å². The highest BCUT2D eigenvalue weighted by Gasteiger charge is 2.28. The number of carbonyl (C=O) groups excluding carboxylic acids is 2. The van der Waals surface area contributed by atoms with Crippen molar-refractivity contribution in [2.75, 3.05) is 36.5 Å². The number of piperidine rings is 1. The van der Waals surface area contributed by atoms with E-state index in [2.05, 4.69) is 16.1 Å². The van der Waals surface area contributed by atoms with Crippen molar-refractivity contribution in [3.8, 4) is 5.75 Å². The quantitative estimate of drug-likeness (QED) is 0.318. The van der Waals surface area contributed by atoms with Gasteiger partial charge in [0.15, 0.2) is 5.75 Å². The smallest absolute Gasteiger partial charge is 0.410 e. The van der Waals surface area contributed by atoms with E-state index in [0.29, 0.717) is 30.4 Å². The van der Waals surface area contributed by atoms with Gasteiger partial charge in [0.2, 0.25) is 10.0 Å². The van der Waals surface area contributed by atoms with E-state index >= 15 is 0 Å². The summed E-state index contributed by atoms with van der Waals surface area (Å²) in [6, 6.07) is 11.5. The highest BCUT2D eigenvalue weighted by atomic mass is 32.2. The van der Waals surface area contributed by atoms with E-state index in [1.165, 1.54) is 7.11 Å². The van der Waals surface area contributed by atoms with Gasteiger partial charge in [-0.15, -0.1) is 0 Å². The van der Waals surface area contributed by atoms with Crippen LogP contribution in [0, 0.1) is 5.92 Å². The van der Waals surface area contributed by atoms with Gasteiger partial charge in [0.05, 0.1) is 30.3 Å². The van der Waals surface area contributed by atoms with Gasteiger partial charge in [-0.3, -0.25) is 9.52 Å². The third-order valence-corrected chi connectivity index (χ3v) is 8.44. The lowest BCUT2D eigenvalue weighted by atomic mass is 9.86. The molecule has 10 nitrogen and oxygen atoms in total. The second-order valence-electron chi connectivity index (χ2n) is 13.7. The Kier molecular flexibility index (Phi) is 9.30. The molecule has 1 aliphatic rings. The molecule has 3 aromatic rings. The molecule has 1 aliphatic heterocycles. The fourth-order valence-corrected chi connectivity index (χ4v) is 6.23. The summed E-state index contributed by atoms with van der Waals surface area (Å²) in [4.78, 5) is 28.0. The Hall–Kier alpha value is -3.73. The average Bonchev–Trinajstić information content (AvgIpc) is 3.24. The largest absolute Gasteiger partial charge is 0.492 e. The fourth-order valence-electron chi connectivity index (χ4n) is 5.68. The maximum absolute atomic E-state index is 13.8. The van der Waals surface area contributed by atoms with Crippen LogP contribution in [0.4, 0.5) is 16.2 Å². The zero-order chi connectivity index (χ0) is 32.6. The van der Waals surface area contributed by atoms with Crippen molar-refractivity contribution >= 4 is 44.3 Å². The first-order valence-electron chi connectivity index (χ1n) is 14.9. The standard InChI is InChI=1S/C33H46N4O6S/c1-32(2,3)24-19-25(29(42-8)26(20-24)35-44(9,40)41)34-30(38)27-18-23-12-10-11-22(28(23)36(27)7)17-21-13-15-37(16-14-21)31(39)43-33(4,5)6/h10-12,18-21,35H,13-17H2,1-9H3,(H,34,38). The third kappa shape index (κ3) is 7.85. The Bertz CT molecular complexity index is 1660. The van der Waals surface area contributed by atoms with Crippen molar-refractivity contribution in [3.05, 3.63) is 53.2 Å². The molecule has 2 N–H and O–H groups in total. The van der Waals surface area contributed by atoms with Crippen LogP contribution in [0.2, 0.25) is 0 Å². The van der Waals surface area contributed by atoms with Crippen LogP contribution in [0.5, 0.6) is 5.75 Å². The molecule has 1 saturated heterocycles. The maximum atomic E-state index is 13.8. The predicted molar refractivity (Wildman–Crippen MR) is 175 cm³/mol. The Morgan fingerprint density at radius 1 is 1.00 bits per heavy atom. The summed E-state index contributed by atoms with van der Waals surface area (Å²) < 4.78 is 39.8. The fraction of sp³-hybridized carbons (Fsp3) is 0.515. The Labute approximate surface area is 261 Å². The molecule has 2 amide bonds. The zero-order valence-corrected chi connectivity index (χ0v) is 28.1. The molecule has 0 atom stereocenters. The lowest BCUT2D eigenvalue weighted by Gasteiger charge is -2.33. The summed E-state index contributed by atoms with van der Waals surface area (Å²) in [6.45, 7) is 13.0. The number of hydrogen-bond acceptors (Lipinski definition) is 6. The van der Waals surface area contributed by atoms with Gasteiger partial charge in [0, 0.05) is 25.5 Å². The molecule has 0 unspecified atom stereocenters. The molecular weight excluding hydrogens is 580 g/mol. The number of sulfonamides is 1. The Balaban J connectivity index is 1.59. The molecule has 2 heterocycles. The number of methoxy groups -OCH3 is 1. The summed E-state index contributed by atoms with van der Waals surface area (Å²) in [6.07, 6.45) is 3.40. The molecule has 4 rings (SSSR count). The van der Waals surface area contributed by atoms with Gasteiger partial charge in [-0.2, -0.15) is 0 Å². The second kappa shape index (κ2) is 12.3. The van der Waals surface area contributed by atoms with E-state index in [9.17, 15) is 18.0 Å². The molecule has 0 aliphatic carbocycles. The van der Waals surface area contributed by atoms with Crippen LogP contribution in [-0.2, 0) is 33.6 Å². The molecule has 0 bridgehead atoms. The van der Waals surface area contributed by atoms with E-state index in [4.69, 9.17) is 9.47 Å². The lowest BCUT2D eigenvalue weighted by Crippen LogP contribution is -2.42. The molecule has 240 valence electrons. The number of amides is 2. The van der Waals surface area contributed by atoms with E-state index < -0.39 is 15.6 Å². The third-order valence-electron chi connectivity index (χ3n) is 7.85. The number of aryl methyl sites for hydroxylation is 1. The van der Waals surface area contributed by atoms with Gasteiger partial charge in [-0.05, 0) is 80.7 Å². The summed E-state index contributed by atoms with van der Waals surface area (Å²) in [5.74, 6) is 0.292. The number of ether oxygens (including phenoxy) is 2. The zero-order valence-electron chi connectivity index (χ0n) is 27.3. The van der Waals surface area contributed by atoms with Crippen molar-refractivity contribution in [2.24, 2.45) is 13.0 Å². The van der Waals surface area contributed by atoms with Crippen LogP contribution in [0.1, 0.15) is 76.0 Å². The summed E-state index contributed by atoms with van der Waals surface area (Å²) in [5.41, 5.74) is 3.22. The van der Waals surface area contributed by atoms with Crippen molar-refractivity contribution in [1.82, 2.24) is 9.47 Å². The number of nitrogens with zero attached hydrogens (tertiary/aromatic N) is 2. The summed E-state index contributed by atoms with van der Waals surface area (Å²) in [5, 5.41) is 3.94. The normalized spacial score (nSPS) is 14.9. The van der Waals surface area contributed by atoms with Gasteiger partial charge in [-0.25, -0.2) is 13.2 Å². The highest BCUT2D eigenvalue weighted by Crippen LogP contribution is 2.39. The van der Waals surface area contributed by atoms with Crippen LogP contribution in [0.15, 0.2) is 36.4 Å². The van der Waals surface area contributed by atoms with Crippen molar-refractivity contribution in [3.63, 3.8) is 0 Å². The van der Waals surface area contributed by atoms with Crippen LogP contribution in [0.25, 0.3) is 10.9 Å². The number of likely N-dealkylation sites (tertiary alicyclic amines) is 1. The van der Waals surface area contributed by atoms with Crippen LogP contribution >= 0.6 is 0 Å². The molecule has 1 fully saturated rings. The van der Waals surface area contributed by atoms with Gasteiger partial charge in [0.1, 0.15) is 11.3 Å². The van der Waals surface area contributed by atoms with Crippen molar-refractivity contribution in [1.29, 1.82) is 0 Å². The number of hydrogen-bond donors (Lipinski definition) is 2. The first-order chi connectivity index (χ1) is 20.4. The minimum Gasteiger partial charge on any atom is -0.492 e. The van der Waals surface area contributed by atoms with Gasteiger partial charge in [0.25, 0.3) is 5.91 Å². The lowest BCUT2D eigenvalue weighted by molar-refractivity contribution is 0.0184. The monoisotopic (exact) mass is 626 g/mol. The van der Waals surface area contributed by atoms with E-state index in [1.54, 1.807) is 11.0 Å². The number of rotatable bonds is 7. The number of carbonyl (C=O) groups is 2. The van der Waals surface area contributed by atoms with Gasteiger partial charge < -0.3 is 24.3 Å². The topological polar surface area (TPSA) is 119 Å². The number of anilines is 2. The minimum absolute atomic E-state index is 0.231. The molecule has 0 saturated carbocycles. The molecule has 44 heavy (non-hydrogen) atoms. The van der Waals surface area contributed by atoms with Crippen LogP contribution in [0.3, 0.4) is 0 Å². The van der Waals surface area contributed by atoms with Crippen LogP contribution in [-0.4, -0.2) is 61.9 Å². The van der Waals surface area contributed by atoms with Crippen molar-refractivity contribution in [2.45, 2.75) is 71.8 Å². The molecule has 2 aromatic carbocycles. The highest BCUT2D eigenvalue weighted by molar-refractivity contribution is 7.92. The van der Waals surface area contributed by atoms with Crippen LogP contribution < -0.4 is 14.8 Å². The minimum atomic E-state index is -3.60. The number of aromatic nitrogens is 1. The first-order valence-corrected chi connectivity index (χ1v) is 16.8. The predicted octanol–water partition coefficient (Wildman–Crippen LogP) is 6.30. The molecular formula is C33H46N4O6S. The average molecular weight is 627 g/mol. The summed E-state index contributed by atoms with van der Waals surface area (Å²) in [7, 11) is -0.277. The molecule has 1 aromatic heterocycles. The molecule has 0 spiro atoms. The molecule has 0 radical (unpaired) electrons.